The van der Waals surface area contributed by atoms with Gasteiger partial charge in [-0.1, -0.05) is 24.3 Å². The van der Waals surface area contributed by atoms with Gasteiger partial charge in [0.1, 0.15) is 5.01 Å². The van der Waals surface area contributed by atoms with E-state index in [1.807, 2.05) is 11.3 Å². The van der Waals surface area contributed by atoms with Gasteiger partial charge in [-0.15, -0.1) is 11.3 Å². The molecule has 1 unspecified atom stereocenters. The van der Waals surface area contributed by atoms with Crippen molar-refractivity contribution in [3.8, 4) is 10.6 Å². The summed E-state index contributed by atoms with van der Waals surface area (Å²) in [5.41, 5.74) is 4.23. The first-order valence-corrected chi connectivity index (χ1v) is 8.44. The van der Waals surface area contributed by atoms with Crippen LogP contribution in [0.25, 0.3) is 10.6 Å². The van der Waals surface area contributed by atoms with Gasteiger partial charge < -0.3 is 5.32 Å². The normalized spacial score (nSPS) is 21.8. The van der Waals surface area contributed by atoms with Gasteiger partial charge in [-0.25, -0.2) is 4.98 Å². The van der Waals surface area contributed by atoms with E-state index in [1.165, 1.54) is 52.4 Å². The van der Waals surface area contributed by atoms with E-state index < -0.39 is 0 Å². The second-order valence-corrected chi connectivity index (χ2v) is 6.96. The largest absolute Gasteiger partial charge is 0.312 e. The van der Waals surface area contributed by atoms with Gasteiger partial charge in [-0.05, 0) is 50.6 Å². The van der Waals surface area contributed by atoms with E-state index in [-0.39, 0.29) is 0 Å². The number of hydrogen-bond acceptors (Lipinski definition) is 3. The molecule has 0 saturated heterocycles. The summed E-state index contributed by atoms with van der Waals surface area (Å²) < 4.78 is 0. The van der Waals surface area contributed by atoms with Crippen LogP contribution in [0.4, 0.5) is 0 Å². The maximum absolute atomic E-state index is 4.97. The fourth-order valence-electron chi connectivity index (χ4n) is 3.25. The second-order valence-electron chi connectivity index (χ2n) is 5.92. The third kappa shape index (κ3) is 2.09. The molecule has 2 nitrogen and oxygen atoms in total. The summed E-state index contributed by atoms with van der Waals surface area (Å²) in [5.74, 6) is 0.784. The highest BCUT2D eigenvalue weighted by atomic mass is 32.1. The molecule has 4 rings (SSSR count). The van der Waals surface area contributed by atoms with E-state index in [2.05, 4.69) is 36.6 Å². The molecule has 1 aromatic heterocycles. The SMILES string of the molecule is CNC1CCCc2nc(-c3ccccc3C3CC3)sc21. The summed E-state index contributed by atoms with van der Waals surface area (Å²) in [6.07, 6.45) is 6.35. The van der Waals surface area contributed by atoms with Crippen LogP contribution in [0.1, 0.15) is 53.8 Å². The summed E-state index contributed by atoms with van der Waals surface area (Å²) in [6.45, 7) is 0. The summed E-state index contributed by atoms with van der Waals surface area (Å²) in [5, 5.41) is 4.68. The number of aromatic nitrogens is 1. The van der Waals surface area contributed by atoms with Crippen molar-refractivity contribution in [3.63, 3.8) is 0 Å². The van der Waals surface area contributed by atoms with Crippen LogP contribution in [0, 0.1) is 0 Å². The molecule has 1 atom stereocenters. The lowest BCUT2D eigenvalue weighted by Crippen LogP contribution is -2.19. The van der Waals surface area contributed by atoms with E-state index in [0.717, 1.165) is 12.3 Å². The number of fused-ring (bicyclic) bond motifs is 1. The minimum absolute atomic E-state index is 0.512. The zero-order valence-electron chi connectivity index (χ0n) is 11.9. The van der Waals surface area contributed by atoms with E-state index in [0.29, 0.717) is 6.04 Å². The van der Waals surface area contributed by atoms with Crippen molar-refractivity contribution in [2.24, 2.45) is 0 Å². The van der Waals surface area contributed by atoms with E-state index in [4.69, 9.17) is 4.98 Å². The van der Waals surface area contributed by atoms with Crippen LogP contribution >= 0.6 is 11.3 Å². The lowest BCUT2D eigenvalue weighted by atomic mass is 9.98. The molecule has 0 radical (unpaired) electrons. The predicted molar refractivity (Wildman–Crippen MR) is 84.3 cm³/mol. The molecule has 2 aliphatic carbocycles. The third-order valence-corrected chi connectivity index (χ3v) is 5.75. The van der Waals surface area contributed by atoms with Crippen molar-refractivity contribution >= 4 is 11.3 Å². The van der Waals surface area contributed by atoms with Gasteiger partial charge in [0.25, 0.3) is 0 Å². The Bertz CT molecular complexity index is 628. The highest BCUT2D eigenvalue weighted by molar-refractivity contribution is 7.15. The van der Waals surface area contributed by atoms with Crippen molar-refractivity contribution in [1.29, 1.82) is 0 Å². The Morgan fingerprint density at radius 3 is 2.85 bits per heavy atom. The van der Waals surface area contributed by atoms with E-state index >= 15 is 0 Å². The molecule has 0 amide bonds. The fourth-order valence-corrected chi connectivity index (χ4v) is 4.56. The van der Waals surface area contributed by atoms with Gasteiger partial charge in [0.05, 0.1) is 5.69 Å². The smallest absolute Gasteiger partial charge is 0.124 e. The number of rotatable bonds is 3. The van der Waals surface area contributed by atoms with Crippen molar-refractivity contribution in [1.82, 2.24) is 10.3 Å². The molecule has 3 heteroatoms. The molecular weight excluding hydrogens is 264 g/mol. The lowest BCUT2D eigenvalue weighted by molar-refractivity contribution is 0.501. The Labute approximate surface area is 124 Å². The van der Waals surface area contributed by atoms with Crippen molar-refractivity contribution in [3.05, 3.63) is 40.4 Å². The summed E-state index contributed by atoms with van der Waals surface area (Å²) in [6, 6.07) is 9.38. The van der Waals surface area contributed by atoms with Gasteiger partial charge in [0.2, 0.25) is 0 Å². The number of benzene rings is 1. The fraction of sp³-hybridized carbons (Fsp3) is 0.471. The molecule has 1 aromatic carbocycles. The Balaban J connectivity index is 1.78. The minimum Gasteiger partial charge on any atom is -0.312 e. The predicted octanol–water partition coefficient (Wildman–Crippen LogP) is 4.28. The topological polar surface area (TPSA) is 24.9 Å². The zero-order chi connectivity index (χ0) is 13.5. The number of nitrogens with zero attached hydrogens (tertiary/aromatic N) is 1. The molecule has 1 saturated carbocycles. The number of aryl methyl sites for hydroxylation is 1. The quantitative estimate of drug-likeness (QED) is 0.909. The lowest BCUT2D eigenvalue weighted by Gasteiger charge is -2.19. The zero-order valence-corrected chi connectivity index (χ0v) is 12.7. The molecule has 1 fully saturated rings. The van der Waals surface area contributed by atoms with Crippen LogP contribution in [-0.2, 0) is 6.42 Å². The first-order valence-electron chi connectivity index (χ1n) is 7.63. The highest BCUT2D eigenvalue weighted by Crippen LogP contribution is 2.46. The van der Waals surface area contributed by atoms with Gasteiger partial charge in [-0.3, -0.25) is 0 Å². The average Bonchev–Trinajstić information content (AvgIpc) is 3.25. The Morgan fingerprint density at radius 2 is 2.05 bits per heavy atom. The van der Waals surface area contributed by atoms with E-state index in [9.17, 15) is 0 Å². The Hall–Kier alpha value is -1.19. The summed E-state index contributed by atoms with van der Waals surface area (Å²) in [4.78, 5) is 6.44. The molecule has 1 N–H and O–H groups in total. The Morgan fingerprint density at radius 1 is 1.20 bits per heavy atom. The molecule has 2 aromatic rings. The first-order chi connectivity index (χ1) is 9.86. The molecule has 2 aliphatic rings. The molecule has 0 spiro atoms. The van der Waals surface area contributed by atoms with Crippen LogP contribution in [0.3, 0.4) is 0 Å². The summed E-state index contributed by atoms with van der Waals surface area (Å²) >= 11 is 1.91. The average molecular weight is 284 g/mol. The van der Waals surface area contributed by atoms with E-state index in [1.54, 1.807) is 0 Å². The van der Waals surface area contributed by atoms with Gasteiger partial charge in [-0.2, -0.15) is 0 Å². The molecule has 1 heterocycles. The van der Waals surface area contributed by atoms with Crippen LogP contribution in [0.5, 0.6) is 0 Å². The monoisotopic (exact) mass is 284 g/mol. The van der Waals surface area contributed by atoms with Crippen molar-refractivity contribution in [2.45, 2.75) is 44.1 Å². The highest BCUT2D eigenvalue weighted by Gasteiger charge is 2.29. The van der Waals surface area contributed by atoms with Crippen LogP contribution in [-0.4, -0.2) is 12.0 Å². The maximum atomic E-state index is 4.97. The number of thiazole rings is 1. The molecule has 20 heavy (non-hydrogen) atoms. The standard InChI is InChI=1S/C17H20N2S/c1-18-14-7-4-8-15-16(14)20-17(19-15)13-6-3-2-5-12(13)11-9-10-11/h2-3,5-6,11,14,18H,4,7-10H2,1H3. The van der Waals surface area contributed by atoms with Crippen molar-refractivity contribution < 1.29 is 0 Å². The minimum atomic E-state index is 0.512. The number of hydrogen-bond donors (Lipinski definition) is 1. The number of nitrogens with one attached hydrogen (secondary N) is 1. The van der Waals surface area contributed by atoms with Crippen LogP contribution in [0.2, 0.25) is 0 Å². The molecule has 104 valence electrons. The summed E-state index contributed by atoms with van der Waals surface area (Å²) in [7, 11) is 2.07. The second kappa shape index (κ2) is 4.97. The molecule has 0 bridgehead atoms. The Kier molecular flexibility index (Phi) is 3.12. The molecular formula is C17H20N2S. The maximum Gasteiger partial charge on any atom is 0.124 e. The van der Waals surface area contributed by atoms with Crippen molar-refractivity contribution in [2.75, 3.05) is 7.05 Å². The van der Waals surface area contributed by atoms with Crippen LogP contribution in [0.15, 0.2) is 24.3 Å². The first kappa shape index (κ1) is 12.5. The van der Waals surface area contributed by atoms with Gasteiger partial charge in [0.15, 0.2) is 0 Å². The third-order valence-electron chi connectivity index (χ3n) is 4.51. The van der Waals surface area contributed by atoms with Crippen LogP contribution < -0.4 is 5.32 Å². The van der Waals surface area contributed by atoms with Gasteiger partial charge in [0, 0.05) is 16.5 Å². The molecule has 0 aliphatic heterocycles. The van der Waals surface area contributed by atoms with Gasteiger partial charge >= 0.3 is 0 Å².